The standard InChI is InChI=1S/C16H15N3O2/c1-11-9-14(18-21-11)15-3-2-8-19(15)16(20)13-6-4-12(10-17)5-7-13/h4-7,9,15H,2-3,8H2,1H3/t15-/m0/s1. The van der Waals surface area contributed by atoms with Crippen LogP contribution in [0.3, 0.4) is 0 Å². The quantitative estimate of drug-likeness (QED) is 0.848. The molecule has 1 aromatic heterocycles. The van der Waals surface area contributed by atoms with Gasteiger partial charge in [-0.1, -0.05) is 5.16 Å². The first-order chi connectivity index (χ1) is 10.2. The van der Waals surface area contributed by atoms with E-state index < -0.39 is 0 Å². The number of aryl methyl sites for hydroxylation is 1. The first-order valence-corrected chi connectivity index (χ1v) is 6.93. The van der Waals surface area contributed by atoms with E-state index in [0.717, 1.165) is 30.8 Å². The van der Waals surface area contributed by atoms with Gasteiger partial charge in [0.25, 0.3) is 5.91 Å². The van der Waals surface area contributed by atoms with Crippen molar-refractivity contribution < 1.29 is 9.32 Å². The Morgan fingerprint density at radius 2 is 2.19 bits per heavy atom. The van der Waals surface area contributed by atoms with E-state index in [0.29, 0.717) is 11.1 Å². The molecule has 2 aromatic rings. The van der Waals surface area contributed by atoms with Crippen molar-refractivity contribution in [3.8, 4) is 6.07 Å². The number of benzene rings is 1. The molecule has 0 unspecified atom stereocenters. The normalized spacial score (nSPS) is 17.7. The van der Waals surface area contributed by atoms with Gasteiger partial charge in [0, 0.05) is 18.2 Å². The summed E-state index contributed by atoms with van der Waals surface area (Å²) in [4.78, 5) is 14.5. The number of carbonyl (C=O) groups is 1. The van der Waals surface area contributed by atoms with Crippen molar-refractivity contribution in [2.24, 2.45) is 0 Å². The summed E-state index contributed by atoms with van der Waals surface area (Å²) in [5, 5.41) is 12.8. The fourth-order valence-corrected chi connectivity index (χ4v) is 2.71. The van der Waals surface area contributed by atoms with E-state index in [9.17, 15) is 4.79 Å². The zero-order chi connectivity index (χ0) is 14.8. The van der Waals surface area contributed by atoms with Crippen LogP contribution in [0.25, 0.3) is 0 Å². The molecule has 5 nitrogen and oxygen atoms in total. The Kier molecular flexibility index (Phi) is 3.44. The molecule has 2 heterocycles. The number of nitrogens with zero attached hydrogens (tertiary/aromatic N) is 3. The van der Waals surface area contributed by atoms with E-state index in [4.69, 9.17) is 9.78 Å². The molecule has 0 spiro atoms. The summed E-state index contributed by atoms with van der Waals surface area (Å²) in [6.45, 7) is 2.56. The molecular formula is C16H15N3O2. The van der Waals surface area contributed by atoms with Gasteiger partial charge in [0.15, 0.2) is 0 Å². The Balaban J connectivity index is 1.84. The van der Waals surface area contributed by atoms with Crippen molar-refractivity contribution in [1.82, 2.24) is 10.1 Å². The third-order valence-electron chi connectivity index (χ3n) is 3.76. The second kappa shape index (κ2) is 5.41. The SMILES string of the molecule is Cc1cc([C@@H]2CCCN2C(=O)c2ccc(C#N)cc2)no1. The highest BCUT2D eigenvalue weighted by Gasteiger charge is 2.32. The molecule has 0 bridgehead atoms. The number of hydrogen-bond donors (Lipinski definition) is 0. The van der Waals surface area contributed by atoms with E-state index in [1.54, 1.807) is 24.3 Å². The van der Waals surface area contributed by atoms with Crippen molar-refractivity contribution in [3.63, 3.8) is 0 Å². The summed E-state index contributed by atoms with van der Waals surface area (Å²) in [5.74, 6) is 0.727. The van der Waals surface area contributed by atoms with E-state index >= 15 is 0 Å². The van der Waals surface area contributed by atoms with Crippen LogP contribution in [0, 0.1) is 18.3 Å². The van der Waals surface area contributed by atoms with Crippen LogP contribution in [0.1, 0.15) is 46.3 Å². The molecule has 21 heavy (non-hydrogen) atoms. The molecular weight excluding hydrogens is 266 g/mol. The third-order valence-corrected chi connectivity index (χ3v) is 3.76. The van der Waals surface area contributed by atoms with Crippen molar-refractivity contribution in [3.05, 3.63) is 52.9 Å². The maximum absolute atomic E-state index is 12.6. The Morgan fingerprint density at radius 1 is 1.43 bits per heavy atom. The number of likely N-dealkylation sites (tertiary alicyclic amines) is 1. The lowest BCUT2D eigenvalue weighted by atomic mass is 10.1. The van der Waals surface area contributed by atoms with Gasteiger partial charge in [-0.2, -0.15) is 5.26 Å². The van der Waals surface area contributed by atoms with Gasteiger partial charge in [-0.3, -0.25) is 4.79 Å². The van der Waals surface area contributed by atoms with Crippen LogP contribution in [0.5, 0.6) is 0 Å². The molecule has 1 aromatic carbocycles. The fourth-order valence-electron chi connectivity index (χ4n) is 2.71. The molecule has 1 saturated heterocycles. The molecule has 3 rings (SSSR count). The molecule has 106 valence electrons. The lowest BCUT2D eigenvalue weighted by Crippen LogP contribution is -2.30. The highest BCUT2D eigenvalue weighted by Crippen LogP contribution is 2.32. The average Bonchev–Trinajstić information content (AvgIpc) is 3.15. The van der Waals surface area contributed by atoms with Gasteiger partial charge in [-0.25, -0.2) is 0 Å². The molecule has 1 fully saturated rings. The predicted molar refractivity (Wildman–Crippen MR) is 75.4 cm³/mol. The van der Waals surface area contributed by atoms with Crippen LogP contribution in [-0.2, 0) is 0 Å². The summed E-state index contributed by atoms with van der Waals surface area (Å²) >= 11 is 0. The molecule has 1 aliphatic heterocycles. The minimum atomic E-state index is -0.0253. The average molecular weight is 281 g/mol. The number of amides is 1. The zero-order valence-corrected chi connectivity index (χ0v) is 11.7. The van der Waals surface area contributed by atoms with Crippen molar-refractivity contribution in [2.75, 3.05) is 6.54 Å². The molecule has 1 atom stereocenters. The molecule has 0 N–H and O–H groups in total. The molecule has 1 aliphatic rings. The molecule has 1 amide bonds. The number of hydrogen-bond acceptors (Lipinski definition) is 4. The first-order valence-electron chi connectivity index (χ1n) is 6.93. The summed E-state index contributed by atoms with van der Waals surface area (Å²) in [6.07, 6.45) is 1.85. The summed E-state index contributed by atoms with van der Waals surface area (Å²) in [6, 6.07) is 10.6. The predicted octanol–water partition coefficient (Wildman–Crippen LogP) is 2.83. The maximum atomic E-state index is 12.6. The summed E-state index contributed by atoms with van der Waals surface area (Å²) in [7, 11) is 0. The van der Waals surface area contributed by atoms with Crippen LogP contribution in [0.4, 0.5) is 0 Å². The number of aromatic nitrogens is 1. The Labute approximate surface area is 122 Å². The van der Waals surface area contributed by atoms with Gasteiger partial charge in [0.1, 0.15) is 11.5 Å². The van der Waals surface area contributed by atoms with Gasteiger partial charge in [0.05, 0.1) is 17.7 Å². The highest BCUT2D eigenvalue weighted by molar-refractivity contribution is 5.94. The largest absolute Gasteiger partial charge is 0.361 e. The van der Waals surface area contributed by atoms with Gasteiger partial charge < -0.3 is 9.42 Å². The van der Waals surface area contributed by atoms with E-state index in [-0.39, 0.29) is 11.9 Å². The van der Waals surface area contributed by atoms with Gasteiger partial charge in [-0.05, 0) is 44.0 Å². The Morgan fingerprint density at radius 3 is 2.81 bits per heavy atom. The van der Waals surface area contributed by atoms with Gasteiger partial charge >= 0.3 is 0 Å². The van der Waals surface area contributed by atoms with Crippen molar-refractivity contribution >= 4 is 5.91 Å². The second-order valence-electron chi connectivity index (χ2n) is 5.21. The highest BCUT2D eigenvalue weighted by atomic mass is 16.5. The maximum Gasteiger partial charge on any atom is 0.254 e. The lowest BCUT2D eigenvalue weighted by Gasteiger charge is -2.23. The van der Waals surface area contributed by atoms with E-state index in [2.05, 4.69) is 11.2 Å². The van der Waals surface area contributed by atoms with E-state index in [1.165, 1.54) is 0 Å². The Bertz CT molecular complexity index is 697. The number of carbonyl (C=O) groups excluding carboxylic acids is 1. The monoisotopic (exact) mass is 281 g/mol. The van der Waals surface area contributed by atoms with Crippen LogP contribution in [0.15, 0.2) is 34.9 Å². The van der Waals surface area contributed by atoms with Crippen LogP contribution in [-0.4, -0.2) is 22.5 Å². The fraction of sp³-hybridized carbons (Fsp3) is 0.312. The van der Waals surface area contributed by atoms with Crippen molar-refractivity contribution in [1.29, 1.82) is 5.26 Å². The van der Waals surface area contributed by atoms with Crippen molar-refractivity contribution in [2.45, 2.75) is 25.8 Å². The first kappa shape index (κ1) is 13.4. The third kappa shape index (κ3) is 2.52. The molecule has 0 aliphatic carbocycles. The lowest BCUT2D eigenvalue weighted by molar-refractivity contribution is 0.0731. The second-order valence-corrected chi connectivity index (χ2v) is 5.21. The van der Waals surface area contributed by atoms with Gasteiger partial charge in [0.2, 0.25) is 0 Å². The summed E-state index contributed by atoms with van der Waals surface area (Å²) in [5.41, 5.74) is 1.96. The zero-order valence-electron chi connectivity index (χ0n) is 11.7. The Hall–Kier alpha value is -2.61. The van der Waals surface area contributed by atoms with Crippen LogP contribution < -0.4 is 0 Å². The van der Waals surface area contributed by atoms with Crippen LogP contribution in [0.2, 0.25) is 0 Å². The smallest absolute Gasteiger partial charge is 0.254 e. The van der Waals surface area contributed by atoms with E-state index in [1.807, 2.05) is 17.9 Å². The molecule has 5 heteroatoms. The van der Waals surface area contributed by atoms with Gasteiger partial charge in [-0.15, -0.1) is 0 Å². The minimum Gasteiger partial charge on any atom is -0.361 e. The molecule has 0 radical (unpaired) electrons. The number of nitriles is 1. The topological polar surface area (TPSA) is 70.1 Å². The van der Waals surface area contributed by atoms with Crippen LogP contribution >= 0.6 is 0 Å². The minimum absolute atomic E-state index is 0.0226. The number of rotatable bonds is 2. The molecule has 0 saturated carbocycles. The summed E-state index contributed by atoms with van der Waals surface area (Å²) < 4.78 is 5.12.